The Morgan fingerprint density at radius 2 is 2.03 bits per heavy atom. The van der Waals surface area contributed by atoms with E-state index in [-0.39, 0.29) is 28.5 Å². The van der Waals surface area contributed by atoms with Gasteiger partial charge in [-0.15, -0.1) is 0 Å². The zero-order valence-corrected chi connectivity index (χ0v) is 16.3. The molecule has 2 aromatic carbocycles. The minimum absolute atomic E-state index is 0.0608. The largest absolute Gasteiger partial charge is 0.462 e. The van der Waals surface area contributed by atoms with Crippen LogP contribution in [0.15, 0.2) is 54.6 Å². The molecule has 0 amide bonds. The maximum Gasteiger partial charge on any atom is 0.338 e. The van der Waals surface area contributed by atoms with Crippen molar-refractivity contribution in [3.63, 3.8) is 0 Å². The van der Waals surface area contributed by atoms with Crippen LogP contribution in [0.3, 0.4) is 0 Å². The van der Waals surface area contributed by atoms with E-state index in [0.29, 0.717) is 18.1 Å². The standard InChI is InChI=1S/C23H24N2O4/c1-2-3-13-29-23(26)16-9-12-21-20(14-16)18-5-4-6-19(18)22(24-21)15-7-10-17(11-8-15)25(27)28/h4-5,7-12,14,18-19,22,24H,2-3,6,13H2,1H3. The van der Waals surface area contributed by atoms with Crippen molar-refractivity contribution in [2.45, 2.75) is 38.1 Å². The molecule has 0 bridgehead atoms. The summed E-state index contributed by atoms with van der Waals surface area (Å²) in [7, 11) is 0. The zero-order valence-electron chi connectivity index (χ0n) is 16.3. The van der Waals surface area contributed by atoms with E-state index in [1.165, 1.54) is 0 Å². The molecule has 2 aliphatic rings. The quantitative estimate of drug-likeness (QED) is 0.235. The van der Waals surface area contributed by atoms with Gasteiger partial charge in [-0.2, -0.15) is 0 Å². The molecule has 0 saturated heterocycles. The van der Waals surface area contributed by atoms with Crippen molar-refractivity contribution in [3.8, 4) is 0 Å². The Balaban J connectivity index is 1.60. The Morgan fingerprint density at radius 3 is 2.76 bits per heavy atom. The molecule has 150 valence electrons. The number of allylic oxidation sites excluding steroid dienone is 2. The smallest absolute Gasteiger partial charge is 0.338 e. The lowest BCUT2D eigenvalue weighted by Gasteiger charge is -2.37. The van der Waals surface area contributed by atoms with Crippen LogP contribution < -0.4 is 5.32 Å². The number of non-ortho nitro benzene ring substituents is 1. The lowest BCUT2D eigenvalue weighted by Crippen LogP contribution is -2.29. The van der Waals surface area contributed by atoms with Crippen LogP contribution in [0.4, 0.5) is 11.4 Å². The van der Waals surface area contributed by atoms with Crippen molar-refractivity contribution in [2.24, 2.45) is 5.92 Å². The first-order valence-corrected chi connectivity index (χ1v) is 10.1. The molecule has 6 nitrogen and oxygen atoms in total. The second kappa shape index (κ2) is 8.07. The maximum absolute atomic E-state index is 12.4. The van der Waals surface area contributed by atoms with Gasteiger partial charge >= 0.3 is 5.97 Å². The van der Waals surface area contributed by atoms with E-state index in [4.69, 9.17) is 4.74 Å². The molecule has 0 radical (unpaired) electrons. The molecular formula is C23H24N2O4. The van der Waals surface area contributed by atoms with Gasteiger partial charge in [0.1, 0.15) is 0 Å². The van der Waals surface area contributed by atoms with Crippen LogP contribution in [-0.4, -0.2) is 17.5 Å². The average molecular weight is 392 g/mol. The van der Waals surface area contributed by atoms with Gasteiger partial charge in [0, 0.05) is 23.7 Å². The molecule has 1 heterocycles. The second-order valence-corrected chi connectivity index (χ2v) is 7.62. The summed E-state index contributed by atoms with van der Waals surface area (Å²) in [5, 5.41) is 14.5. The maximum atomic E-state index is 12.4. The van der Waals surface area contributed by atoms with Gasteiger partial charge in [-0.3, -0.25) is 10.1 Å². The van der Waals surface area contributed by atoms with Gasteiger partial charge in [0.2, 0.25) is 0 Å². The molecule has 1 aliphatic heterocycles. The number of hydrogen-bond acceptors (Lipinski definition) is 5. The predicted molar refractivity (Wildman–Crippen MR) is 111 cm³/mol. The second-order valence-electron chi connectivity index (χ2n) is 7.62. The summed E-state index contributed by atoms with van der Waals surface area (Å²) in [4.78, 5) is 22.9. The van der Waals surface area contributed by atoms with Crippen LogP contribution in [0.5, 0.6) is 0 Å². The molecule has 1 aliphatic carbocycles. The highest BCUT2D eigenvalue weighted by Gasteiger charge is 2.38. The summed E-state index contributed by atoms with van der Waals surface area (Å²) in [5.74, 6) is 0.224. The fourth-order valence-electron chi connectivity index (χ4n) is 4.25. The van der Waals surface area contributed by atoms with E-state index < -0.39 is 0 Å². The summed E-state index contributed by atoms with van der Waals surface area (Å²) in [6.07, 6.45) is 7.15. The average Bonchev–Trinajstić information content (AvgIpc) is 3.23. The summed E-state index contributed by atoms with van der Waals surface area (Å²) >= 11 is 0. The molecule has 6 heteroatoms. The number of anilines is 1. The number of nitrogens with zero attached hydrogens (tertiary/aromatic N) is 1. The fraction of sp³-hybridized carbons (Fsp3) is 0.348. The Labute approximate surface area is 169 Å². The number of fused-ring (bicyclic) bond motifs is 3. The molecule has 29 heavy (non-hydrogen) atoms. The fourth-order valence-corrected chi connectivity index (χ4v) is 4.25. The minimum atomic E-state index is -0.381. The van der Waals surface area contributed by atoms with Crippen LogP contribution >= 0.6 is 0 Å². The van der Waals surface area contributed by atoms with Crippen molar-refractivity contribution < 1.29 is 14.5 Å². The number of nitro groups is 1. The van der Waals surface area contributed by atoms with E-state index in [1.54, 1.807) is 18.2 Å². The number of hydrogen-bond donors (Lipinski definition) is 1. The number of carbonyl (C=O) groups excluding carboxylic acids is 1. The summed E-state index contributed by atoms with van der Waals surface area (Å²) in [5.41, 5.74) is 3.80. The van der Waals surface area contributed by atoms with E-state index in [0.717, 1.165) is 36.1 Å². The lowest BCUT2D eigenvalue weighted by molar-refractivity contribution is -0.384. The number of nitrogens with one attached hydrogen (secondary N) is 1. The molecule has 1 N–H and O–H groups in total. The Bertz CT molecular complexity index is 952. The van der Waals surface area contributed by atoms with Crippen LogP contribution in [0.2, 0.25) is 0 Å². The highest BCUT2D eigenvalue weighted by Crippen LogP contribution is 2.50. The van der Waals surface area contributed by atoms with Crippen molar-refractivity contribution in [1.82, 2.24) is 0 Å². The highest BCUT2D eigenvalue weighted by atomic mass is 16.6. The first-order chi connectivity index (χ1) is 14.1. The van der Waals surface area contributed by atoms with E-state index >= 15 is 0 Å². The Morgan fingerprint density at radius 1 is 1.24 bits per heavy atom. The van der Waals surface area contributed by atoms with E-state index in [9.17, 15) is 14.9 Å². The molecule has 3 atom stereocenters. The van der Waals surface area contributed by atoms with E-state index in [2.05, 4.69) is 24.4 Å². The van der Waals surface area contributed by atoms with Gasteiger partial charge in [-0.1, -0.05) is 37.6 Å². The van der Waals surface area contributed by atoms with Crippen molar-refractivity contribution >= 4 is 17.3 Å². The van der Waals surface area contributed by atoms with Crippen molar-refractivity contribution in [2.75, 3.05) is 11.9 Å². The number of ether oxygens (including phenoxy) is 1. The zero-order chi connectivity index (χ0) is 20.4. The van der Waals surface area contributed by atoms with E-state index in [1.807, 2.05) is 24.3 Å². The first-order valence-electron chi connectivity index (χ1n) is 10.1. The van der Waals surface area contributed by atoms with Gasteiger partial charge in [0.15, 0.2) is 0 Å². The lowest BCUT2D eigenvalue weighted by atomic mass is 9.76. The molecule has 0 spiro atoms. The van der Waals surface area contributed by atoms with Gasteiger partial charge in [0.25, 0.3) is 5.69 Å². The first kappa shape index (κ1) is 19.2. The number of nitro benzene ring substituents is 1. The molecule has 2 aromatic rings. The third-order valence-electron chi connectivity index (χ3n) is 5.79. The number of unbranched alkanes of at least 4 members (excludes halogenated alkanes) is 1. The highest BCUT2D eigenvalue weighted by molar-refractivity contribution is 5.90. The summed E-state index contributed by atoms with van der Waals surface area (Å²) in [6.45, 7) is 2.51. The van der Waals surface area contributed by atoms with Crippen molar-refractivity contribution in [3.05, 3.63) is 81.4 Å². The molecular weight excluding hydrogens is 368 g/mol. The molecule has 0 fully saturated rings. The Kier molecular flexibility index (Phi) is 5.34. The number of rotatable bonds is 6. The SMILES string of the molecule is CCCCOC(=O)c1ccc2c(c1)C1C=CCC1C(c1ccc([N+](=O)[O-])cc1)N2. The molecule has 4 rings (SSSR count). The molecule has 0 aromatic heterocycles. The number of benzene rings is 2. The van der Waals surface area contributed by atoms with Gasteiger partial charge in [-0.25, -0.2) is 4.79 Å². The van der Waals surface area contributed by atoms with Gasteiger partial charge in [-0.05, 0) is 48.1 Å². The third kappa shape index (κ3) is 3.75. The van der Waals surface area contributed by atoms with Crippen molar-refractivity contribution in [1.29, 1.82) is 0 Å². The van der Waals surface area contributed by atoms with Gasteiger partial charge in [0.05, 0.1) is 23.1 Å². The topological polar surface area (TPSA) is 81.5 Å². The van der Waals surface area contributed by atoms with Crippen LogP contribution in [0, 0.1) is 16.0 Å². The Hall–Kier alpha value is -3.15. The number of esters is 1. The summed E-state index contributed by atoms with van der Waals surface area (Å²) < 4.78 is 5.36. The molecule has 0 saturated carbocycles. The number of carbonyl (C=O) groups is 1. The van der Waals surface area contributed by atoms with Crippen LogP contribution in [0.1, 0.15) is 59.6 Å². The monoisotopic (exact) mass is 392 g/mol. The summed E-state index contributed by atoms with van der Waals surface area (Å²) in [6, 6.07) is 12.5. The van der Waals surface area contributed by atoms with Gasteiger partial charge < -0.3 is 10.1 Å². The third-order valence-corrected chi connectivity index (χ3v) is 5.79. The van der Waals surface area contributed by atoms with Crippen LogP contribution in [0.25, 0.3) is 0 Å². The predicted octanol–water partition coefficient (Wildman–Crippen LogP) is 5.38. The normalized spacial score (nSPS) is 21.8. The minimum Gasteiger partial charge on any atom is -0.462 e. The molecule has 3 unspecified atom stereocenters. The van der Waals surface area contributed by atoms with Crippen LogP contribution in [-0.2, 0) is 4.74 Å².